The number of hydrogen-bond acceptors (Lipinski definition) is 2. The fraction of sp³-hybridized carbons (Fsp3) is 0.300. The Morgan fingerprint density at radius 3 is 2.54 bits per heavy atom. The number of carbonyl (C=O) groups excluding carboxylic acids is 1. The van der Waals surface area contributed by atoms with E-state index in [1.54, 1.807) is 12.2 Å². The Morgan fingerprint density at radius 2 is 2.08 bits per heavy atom. The minimum absolute atomic E-state index is 0.00990. The predicted octanol–water partition coefficient (Wildman–Crippen LogP) is 1.49. The molecule has 0 aromatic rings. The minimum atomic E-state index is 0.00990. The Hall–Kier alpha value is -1.25. The van der Waals surface area contributed by atoms with E-state index in [2.05, 4.69) is 13.2 Å². The van der Waals surface area contributed by atoms with Crippen molar-refractivity contribution in [1.29, 1.82) is 0 Å². The van der Waals surface area contributed by atoms with Gasteiger partial charge < -0.3 is 4.74 Å². The van der Waals surface area contributed by atoms with Gasteiger partial charge in [0, 0.05) is 12.8 Å². The number of allylic oxidation sites excluding steroid dienone is 3. The zero-order valence-electron chi connectivity index (χ0n) is 7.45. The van der Waals surface area contributed by atoms with E-state index < -0.39 is 0 Å². The number of ketones is 1. The SMILES string of the molecule is [B]C(=C)/C=C\C(=C)OC1CC(=O)C1. The van der Waals surface area contributed by atoms with Crippen LogP contribution in [0.25, 0.3) is 0 Å². The van der Waals surface area contributed by atoms with Gasteiger partial charge in [-0.15, -0.1) is 12.1 Å². The molecular formula is C10H11BO2. The molecule has 0 atom stereocenters. The molecule has 2 nitrogen and oxygen atoms in total. The van der Waals surface area contributed by atoms with Crippen molar-refractivity contribution in [3.8, 4) is 0 Å². The number of Topliss-reactive ketones (excluding diaryl/α,β-unsaturated/α-hetero) is 1. The molecule has 1 fully saturated rings. The van der Waals surface area contributed by atoms with Crippen molar-refractivity contribution in [3.63, 3.8) is 0 Å². The van der Waals surface area contributed by atoms with Gasteiger partial charge in [0.15, 0.2) is 0 Å². The summed E-state index contributed by atoms with van der Waals surface area (Å²) in [4.78, 5) is 10.6. The highest BCUT2D eigenvalue weighted by molar-refractivity contribution is 6.23. The summed E-state index contributed by atoms with van der Waals surface area (Å²) < 4.78 is 5.31. The molecule has 1 rings (SSSR count). The van der Waals surface area contributed by atoms with Crippen molar-refractivity contribution in [3.05, 3.63) is 36.5 Å². The van der Waals surface area contributed by atoms with E-state index >= 15 is 0 Å². The van der Waals surface area contributed by atoms with E-state index in [9.17, 15) is 4.79 Å². The summed E-state index contributed by atoms with van der Waals surface area (Å²) in [5.74, 6) is 0.758. The van der Waals surface area contributed by atoms with Gasteiger partial charge in [0.25, 0.3) is 0 Å². The average molecular weight is 174 g/mol. The van der Waals surface area contributed by atoms with Crippen molar-refractivity contribution in [2.24, 2.45) is 0 Å². The number of carbonyl (C=O) groups is 1. The summed E-state index contributed by atoms with van der Waals surface area (Å²) >= 11 is 0. The first-order valence-electron chi connectivity index (χ1n) is 4.07. The van der Waals surface area contributed by atoms with E-state index in [0.29, 0.717) is 24.1 Å². The second-order valence-electron chi connectivity index (χ2n) is 3.06. The molecule has 66 valence electrons. The summed E-state index contributed by atoms with van der Waals surface area (Å²) in [6.45, 7) is 7.15. The molecule has 1 saturated carbocycles. The molecule has 0 unspecified atom stereocenters. The van der Waals surface area contributed by atoms with Crippen LogP contribution in [0.4, 0.5) is 0 Å². The maximum atomic E-state index is 10.6. The van der Waals surface area contributed by atoms with Crippen molar-refractivity contribution in [1.82, 2.24) is 0 Å². The molecule has 1 aliphatic carbocycles. The van der Waals surface area contributed by atoms with Crippen LogP contribution in [0, 0.1) is 0 Å². The van der Waals surface area contributed by atoms with Gasteiger partial charge in [-0.1, -0.05) is 12.7 Å². The van der Waals surface area contributed by atoms with Crippen LogP contribution < -0.4 is 0 Å². The lowest BCUT2D eigenvalue weighted by molar-refractivity contribution is -0.131. The van der Waals surface area contributed by atoms with Crippen LogP contribution in [0.15, 0.2) is 36.5 Å². The Kier molecular flexibility index (Phi) is 3.12. The highest BCUT2D eigenvalue weighted by atomic mass is 16.5. The van der Waals surface area contributed by atoms with Crippen molar-refractivity contribution >= 4 is 13.6 Å². The molecule has 0 bridgehead atoms. The second-order valence-corrected chi connectivity index (χ2v) is 3.06. The fourth-order valence-electron chi connectivity index (χ4n) is 0.985. The number of ether oxygens (including phenoxy) is 1. The van der Waals surface area contributed by atoms with Gasteiger partial charge in [0.1, 0.15) is 25.5 Å². The maximum Gasteiger partial charge on any atom is 0.140 e. The van der Waals surface area contributed by atoms with Gasteiger partial charge in [-0.25, -0.2) is 0 Å². The van der Waals surface area contributed by atoms with Crippen molar-refractivity contribution < 1.29 is 9.53 Å². The zero-order chi connectivity index (χ0) is 9.84. The monoisotopic (exact) mass is 174 g/mol. The Balaban J connectivity index is 2.26. The van der Waals surface area contributed by atoms with E-state index in [1.807, 2.05) is 0 Å². The topological polar surface area (TPSA) is 26.3 Å². The molecule has 13 heavy (non-hydrogen) atoms. The van der Waals surface area contributed by atoms with Crippen molar-refractivity contribution in [2.75, 3.05) is 0 Å². The third-order valence-electron chi connectivity index (χ3n) is 1.71. The Labute approximate surface area is 79.4 Å². The first-order valence-corrected chi connectivity index (χ1v) is 4.07. The molecular weight excluding hydrogens is 163 g/mol. The lowest BCUT2D eigenvalue weighted by atomic mass is 9.94. The van der Waals surface area contributed by atoms with E-state index in [4.69, 9.17) is 12.6 Å². The lowest BCUT2D eigenvalue weighted by Crippen LogP contribution is -2.30. The summed E-state index contributed by atoms with van der Waals surface area (Å²) in [7, 11) is 5.31. The third-order valence-corrected chi connectivity index (χ3v) is 1.71. The van der Waals surface area contributed by atoms with Crippen LogP contribution in [-0.2, 0) is 9.53 Å². The molecule has 0 spiro atoms. The summed E-state index contributed by atoms with van der Waals surface area (Å²) in [5, 5.41) is 0. The molecule has 2 radical (unpaired) electrons. The average Bonchev–Trinajstić information content (AvgIpc) is 1.98. The van der Waals surface area contributed by atoms with E-state index in [0.717, 1.165) is 0 Å². The molecule has 0 saturated heterocycles. The standard InChI is InChI=1S/C10H11BO2/c1-7(11)3-4-8(2)13-10-5-9(12)6-10/h3-4,10H,1-2,5-6H2/b4-3-. The first-order chi connectivity index (χ1) is 6.08. The van der Waals surface area contributed by atoms with Gasteiger partial charge in [0.2, 0.25) is 0 Å². The van der Waals surface area contributed by atoms with E-state index in [-0.39, 0.29) is 11.9 Å². The Morgan fingerprint density at radius 1 is 1.46 bits per heavy atom. The normalized spacial score (nSPS) is 17.1. The predicted molar refractivity (Wildman–Crippen MR) is 52.3 cm³/mol. The second kappa shape index (κ2) is 4.12. The largest absolute Gasteiger partial charge is 0.490 e. The Bertz CT molecular complexity index is 271. The molecule has 0 heterocycles. The molecule has 3 heteroatoms. The van der Waals surface area contributed by atoms with Crippen LogP contribution >= 0.6 is 0 Å². The summed E-state index contributed by atoms with van der Waals surface area (Å²) in [6.07, 6.45) is 4.26. The summed E-state index contributed by atoms with van der Waals surface area (Å²) in [6, 6.07) is 0. The quantitative estimate of drug-likeness (QED) is 0.366. The van der Waals surface area contributed by atoms with Gasteiger partial charge in [-0.3, -0.25) is 4.79 Å². The van der Waals surface area contributed by atoms with Crippen LogP contribution in [0.5, 0.6) is 0 Å². The molecule has 0 aromatic carbocycles. The lowest BCUT2D eigenvalue weighted by Gasteiger charge is -2.25. The molecule has 0 amide bonds. The zero-order valence-corrected chi connectivity index (χ0v) is 7.45. The highest BCUT2D eigenvalue weighted by Crippen LogP contribution is 2.20. The van der Waals surface area contributed by atoms with Gasteiger partial charge in [-0.2, -0.15) is 0 Å². The third kappa shape index (κ3) is 3.32. The molecule has 1 aliphatic rings. The van der Waals surface area contributed by atoms with Crippen LogP contribution in [0.1, 0.15) is 12.8 Å². The number of hydrogen-bond donors (Lipinski definition) is 0. The molecule has 0 N–H and O–H groups in total. The smallest absolute Gasteiger partial charge is 0.140 e. The number of rotatable bonds is 4. The van der Waals surface area contributed by atoms with Gasteiger partial charge in [0.05, 0.1) is 0 Å². The first kappa shape index (κ1) is 9.84. The fourth-order valence-corrected chi connectivity index (χ4v) is 0.985. The molecule has 0 aliphatic heterocycles. The van der Waals surface area contributed by atoms with Gasteiger partial charge in [-0.05, 0) is 6.08 Å². The van der Waals surface area contributed by atoms with Gasteiger partial charge >= 0.3 is 0 Å². The van der Waals surface area contributed by atoms with Crippen molar-refractivity contribution in [2.45, 2.75) is 18.9 Å². The van der Waals surface area contributed by atoms with Crippen LogP contribution in [0.3, 0.4) is 0 Å². The highest BCUT2D eigenvalue weighted by Gasteiger charge is 2.27. The molecule has 0 aromatic heterocycles. The van der Waals surface area contributed by atoms with Crippen LogP contribution in [-0.4, -0.2) is 19.7 Å². The maximum absolute atomic E-state index is 10.6. The summed E-state index contributed by atoms with van der Waals surface area (Å²) in [5.41, 5.74) is 0.453. The van der Waals surface area contributed by atoms with E-state index in [1.165, 1.54) is 0 Å². The van der Waals surface area contributed by atoms with Crippen LogP contribution in [0.2, 0.25) is 0 Å². The minimum Gasteiger partial charge on any atom is -0.490 e.